The predicted octanol–water partition coefficient (Wildman–Crippen LogP) is 1.11. The Morgan fingerprint density at radius 1 is 1.40 bits per heavy atom. The molecule has 0 radical (unpaired) electrons. The number of imidazole rings is 1. The maximum absolute atomic E-state index is 10.8. The number of anilines is 1. The van der Waals surface area contributed by atoms with Gasteiger partial charge >= 0.3 is 5.97 Å². The highest BCUT2D eigenvalue weighted by Gasteiger charge is 2.18. The molecule has 2 heterocycles. The molecule has 1 aliphatic heterocycles. The lowest BCUT2D eigenvalue weighted by Crippen LogP contribution is -2.31. The van der Waals surface area contributed by atoms with E-state index in [1.807, 2.05) is 7.05 Å². The third kappa shape index (κ3) is 1.95. The molecule has 82 valence electrons. The molecule has 0 saturated carbocycles. The van der Waals surface area contributed by atoms with Crippen molar-refractivity contribution in [3.63, 3.8) is 0 Å². The summed E-state index contributed by atoms with van der Waals surface area (Å²) in [4.78, 5) is 17.0. The first-order valence-corrected chi connectivity index (χ1v) is 5.20. The van der Waals surface area contributed by atoms with E-state index in [1.54, 1.807) is 10.8 Å². The summed E-state index contributed by atoms with van der Waals surface area (Å²) in [6, 6.07) is 0. The van der Waals surface area contributed by atoms with Gasteiger partial charge in [-0.3, -0.25) is 0 Å². The van der Waals surface area contributed by atoms with E-state index >= 15 is 0 Å². The average Bonchev–Trinajstić information content (AvgIpc) is 2.62. The zero-order valence-electron chi connectivity index (χ0n) is 8.81. The van der Waals surface area contributed by atoms with E-state index in [2.05, 4.69) is 9.88 Å². The van der Waals surface area contributed by atoms with Gasteiger partial charge in [0.25, 0.3) is 0 Å². The fourth-order valence-electron chi connectivity index (χ4n) is 1.95. The van der Waals surface area contributed by atoms with Crippen molar-refractivity contribution in [2.75, 3.05) is 18.0 Å². The first-order chi connectivity index (χ1) is 7.18. The molecule has 2 rings (SSSR count). The Morgan fingerprint density at radius 3 is 2.60 bits per heavy atom. The summed E-state index contributed by atoms with van der Waals surface area (Å²) in [7, 11) is 1.84. The SMILES string of the molecule is Cn1cc(C(=O)O)nc1N1CCCCC1. The molecule has 1 N–H and O–H groups in total. The minimum atomic E-state index is -0.964. The predicted molar refractivity (Wildman–Crippen MR) is 56.2 cm³/mol. The standard InChI is InChI=1S/C10H15N3O2/c1-12-7-8(9(14)15)11-10(12)13-5-3-2-4-6-13/h7H,2-6H2,1H3,(H,14,15). The molecule has 15 heavy (non-hydrogen) atoms. The summed E-state index contributed by atoms with van der Waals surface area (Å²) in [5.74, 6) is -0.194. The summed E-state index contributed by atoms with van der Waals surface area (Å²) < 4.78 is 1.79. The molecular formula is C10H15N3O2. The zero-order chi connectivity index (χ0) is 10.8. The molecule has 1 aromatic heterocycles. The van der Waals surface area contributed by atoms with Crippen molar-refractivity contribution in [2.45, 2.75) is 19.3 Å². The van der Waals surface area contributed by atoms with E-state index in [9.17, 15) is 4.79 Å². The fraction of sp³-hybridized carbons (Fsp3) is 0.600. The Balaban J connectivity index is 2.22. The van der Waals surface area contributed by atoms with Crippen LogP contribution in [0.4, 0.5) is 5.95 Å². The Labute approximate surface area is 88.3 Å². The minimum Gasteiger partial charge on any atom is -0.476 e. The quantitative estimate of drug-likeness (QED) is 0.792. The van der Waals surface area contributed by atoms with Crippen LogP contribution in [0.3, 0.4) is 0 Å². The molecule has 0 amide bonds. The van der Waals surface area contributed by atoms with Crippen molar-refractivity contribution in [2.24, 2.45) is 7.05 Å². The Kier molecular flexibility index (Phi) is 2.62. The molecule has 0 spiro atoms. The van der Waals surface area contributed by atoms with Gasteiger partial charge in [-0.05, 0) is 19.3 Å². The largest absolute Gasteiger partial charge is 0.476 e. The molecule has 0 aromatic carbocycles. The van der Waals surface area contributed by atoms with Gasteiger partial charge in [-0.1, -0.05) is 0 Å². The number of carboxylic acids is 1. The van der Waals surface area contributed by atoms with E-state index in [0.717, 1.165) is 31.9 Å². The van der Waals surface area contributed by atoms with Crippen molar-refractivity contribution in [1.82, 2.24) is 9.55 Å². The van der Waals surface area contributed by atoms with E-state index in [-0.39, 0.29) is 5.69 Å². The highest BCUT2D eigenvalue weighted by Crippen LogP contribution is 2.18. The van der Waals surface area contributed by atoms with Gasteiger partial charge in [-0.25, -0.2) is 9.78 Å². The Bertz CT molecular complexity index is 367. The van der Waals surface area contributed by atoms with Gasteiger partial charge in [0.05, 0.1) is 0 Å². The number of carbonyl (C=O) groups is 1. The Hall–Kier alpha value is -1.52. The van der Waals surface area contributed by atoms with Gasteiger partial charge in [0, 0.05) is 26.3 Å². The van der Waals surface area contributed by atoms with Crippen LogP contribution in [0.15, 0.2) is 6.20 Å². The lowest BCUT2D eigenvalue weighted by atomic mass is 10.1. The number of aromatic nitrogens is 2. The molecule has 1 fully saturated rings. The maximum atomic E-state index is 10.8. The minimum absolute atomic E-state index is 0.123. The number of hydrogen-bond donors (Lipinski definition) is 1. The highest BCUT2D eigenvalue weighted by molar-refractivity contribution is 5.85. The van der Waals surface area contributed by atoms with Gasteiger partial charge < -0.3 is 14.6 Å². The third-order valence-electron chi connectivity index (χ3n) is 2.71. The van der Waals surface area contributed by atoms with Crippen molar-refractivity contribution in [3.8, 4) is 0 Å². The molecule has 0 aliphatic carbocycles. The second kappa shape index (κ2) is 3.92. The number of rotatable bonds is 2. The smallest absolute Gasteiger partial charge is 0.356 e. The topological polar surface area (TPSA) is 58.4 Å². The number of aryl methyl sites for hydroxylation is 1. The van der Waals surface area contributed by atoms with Crippen LogP contribution in [0.2, 0.25) is 0 Å². The summed E-state index contributed by atoms with van der Waals surface area (Å²) in [6.45, 7) is 1.95. The first-order valence-electron chi connectivity index (χ1n) is 5.20. The molecule has 0 unspecified atom stereocenters. The van der Waals surface area contributed by atoms with Gasteiger partial charge in [-0.2, -0.15) is 0 Å². The van der Waals surface area contributed by atoms with Crippen molar-refractivity contribution in [1.29, 1.82) is 0 Å². The van der Waals surface area contributed by atoms with E-state index in [4.69, 9.17) is 5.11 Å². The third-order valence-corrected chi connectivity index (χ3v) is 2.71. The van der Waals surface area contributed by atoms with Gasteiger partial charge in [0.15, 0.2) is 5.69 Å². The summed E-state index contributed by atoms with van der Waals surface area (Å²) in [6.07, 6.45) is 5.14. The number of nitrogens with zero attached hydrogens (tertiary/aromatic N) is 3. The molecular weight excluding hydrogens is 194 g/mol. The maximum Gasteiger partial charge on any atom is 0.356 e. The van der Waals surface area contributed by atoms with Crippen LogP contribution in [-0.4, -0.2) is 33.7 Å². The summed E-state index contributed by atoms with van der Waals surface area (Å²) in [5.41, 5.74) is 0.123. The average molecular weight is 209 g/mol. The monoisotopic (exact) mass is 209 g/mol. The number of carboxylic acid groups (broad SMARTS) is 1. The van der Waals surface area contributed by atoms with Crippen LogP contribution >= 0.6 is 0 Å². The Morgan fingerprint density at radius 2 is 2.07 bits per heavy atom. The number of aromatic carboxylic acids is 1. The van der Waals surface area contributed by atoms with Crippen LogP contribution in [0.1, 0.15) is 29.8 Å². The highest BCUT2D eigenvalue weighted by atomic mass is 16.4. The number of hydrogen-bond acceptors (Lipinski definition) is 3. The molecule has 0 atom stereocenters. The van der Waals surface area contributed by atoms with Crippen LogP contribution in [-0.2, 0) is 7.05 Å². The van der Waals surface area contributed by atoms with Crippen LogP contribution in [0.25, 0.3) is 0 Å². The van der Waals surface area contributed by atoms with E-state index < -0.39 is 5.97 Å². The number of piperidine rings is 1. The van der Waals surface area contributed by atoms with Crippen LogP contribution in [0, 0.1) is 0 Å². The second-order valence-electron chi connectivity index (χ2n) is 3.89. The van der Waals surface area contributed by atoms with Crippen molar-refractivity contribution >= 4 is 11.9 Å². The van der Waals surface area contributed by atoms with Crippen LogP contribution in [0.5, 0.6) is 0 Å². The summed E-state index contributed by atoms with van der Waals surface area (Å²) in [5, 5.41) is 8.83. The molecule has 0 bridgehead atoms. The summed E-state index contributed by atoms with van der Waals surface area (Å²) >= 11 is 0. The van der Waals surface area contributed by atoms with Crippen LogP contribution < -0.4 is 4.90 Å². The molecule has 1 saturated heterocycles. The van der Waals surface area contributed by atoms with Crippen molar-refractivity contribution < 1.29 is 9.90 Å². The second-order valence-corrected chi connectivity index (χ2v) is 3.89. The van der Waals surface area contributed by atoms with Gasteiger partial charge in [-0.15, -0.1) is 0 Å². The molecule has 5 heteroatoms. The first kappa shape index (κ1) is 10.0. The lowest BCUT2D eigenvalue weighted by Gasteiger charge is -2.27. The van der Waals surface area contributed by atoms with Crippen molar-refractivity contribution in [3.05, 3.63) is 11.9 Å². The zero-order valence-corrected chi connectivity index (χ0v) is 8.81. The van der Waals surface area contributed by atoms with Gasteiger partial charge in [0.1, 0.15) is 0 Å². The molecule has 1 aromatic rings. The normalized spacial score (nSPS) is 16.7. The molecule has 1 aliphatic rings. The fourth-order valence-corrected chi connectivity index (χ4v) is 1.95. The molecule has 5 nitrogen and oxygen atoms in total. The van der Waals surface area contributed by atoms with Gasteiger partial charge in [0.2, 0.25) is 5.95 Å². The van der Waals surface area contributed by atoms with E-state index in [1.165, 1.54) is 6.42 Å². The lowest BCUT2D eigenvalue weighted by molar-refractivity contribution is 0.0691. The van der Waals surface area contributed by atoms with E-state index in [0.29, 0.717) is 0 Å².